The van der Waals surface area contributed by atoms with Crippen LogP contribution in [0.5, 0.6) is 11.5 Å². The Morgan fingerprint density at radius 1 is 1.15 bits per heavy atom. The summed E-state index contributed by atoms with van der Waals surface area (Å²) in [5.74, 6) is 1.16. The van der Waals surface area contributed by atoms with Gasteiger partial charge in [0.1, 0.15) is 11.5 Å². The quantitative estimate of drug-likeness (QED) is 0.618. The van der Waals surface area contributed by atoms with Crippen LogP contribution in [0.4, 0.5) is 0 Å². The number of aryl methyl sites for hydroxylation is 1. The highest BCUT2D eigenvalue weighted by molar-refractivity contribution is 5.78. The molecule has 20 heavy (non-hydrogen) atoms. The molecule has 2 aromatic carbocycles. The molecule has 3 rings (SSSR count). The van der Waals surface area contributed by atoms with E-state index in [0.29, 0.717) is 17.9 Å². The average molecular weight is 268 g/mol. The smallest absolute Gasteiger partial charge is 0.312 e. The number of hydrogen-bond donors (Lipinski definition) is 0. The Labute approximate surface area is 118 Å². The third-order valence-electron chi connectivity index (χ3n) is 3.75. The maximum absolute atomic E-state index is 11.9. The van der Waals surface area contributed by atoms with Crippen molar-refractivity contribution in [3.05, 3.63) is 59.2 Å². The minimum Gasteiger partial charge on any atom is -0.497 e. The summed E-state index contributed by atoms with van der Waals surface area (Å²) >= 11 is 0. The predicted molar refractivity (Wildman–Crippen MR) is 76.3 cm³/mol. The van der Waals surface area contributed by atoms with Crippen molar-refractivity contribution in [2.75, 3.05) is 7.11 Å². The number of methoxy groups -OCH3 is 1. The van der Waals surface area contributed by atoms with Gasteiger partial charge in [-0.05, 0) is 24.1 Å². The Hall–Kier alpha value is -2.29. The summed E-state index contributed by atoms with van der Waals surface area (Å²) in [6.45, 7) is 2.07. The van der Waals surface area contributed by atoms with Gasteiger partial charge in [-0.2, -0.15) is 0 Å². The highest BCUT2D eigenvalue weighted by Gasteiger charge is 2.29. The van der Waals surface area contributed by atoms with Crippen molar-refractivity contribution >= 4 is 5.97 Å². The highest BCUT2D eigenvalue weighted by atomic mass is 16.5. The Bertz CT molecular complexity index is 661. The van der Waals surface area contributed by atoms with Crippen molar-refractivity contribution in [2.45, 2.75) is 19.3 Å². The van der Waals surface area contributed by atoms with Crippen molar-refractivity contribution in [3.8, 4) is 11.5 Å². The number of benzene rings is 2. The van der Waals surface area contributed by atoms with Crippen LogP contribution in [0.15, 0.2) is 42.5 Å². The molecule has 0 aliphatic carbocycles. The van der Waals surface area contributed by atoms with Gasteiger partial charge in [-0.25, -0.2) is 0 Å². The van der Waals surface area contributed by atoms with Crippen molar-refractivity contribution in [3.63, 3.8) is 0 Å². The molecule has 1 aliphatic rings. The molecule has 0 radical (unpaired) electrons. The predicted octanol–water partition coefficient (Wildman–Crippen LogP) is 3.44. The minimum atomic E-state index is -0.195. The Balaban J connectivity index is 2.11. The van der Waals surface area contributed by atoms with Crippen LogP contribution in [-0.2, 0) is 4.79 Å². The van der Waals surface area contributed by atoms with Gasteiger partial charge in [0, 0.05) is 17.5 Å². The van der Waals surface area contributed by atoms with Crippen LogP contribution in [0.1, 0.15) is 29.0 Å². The second kappa shape index (κ2) is 5.00. The van der Waals surface area contributed by atoms with Gasteiger partial charge in [0.15, 0.2) is 0 Å². The maximum Gasteiger partial charge on any atom is 0.312 e. The molecular weight excluding hydrogens is 252 g/mol. The van der Waals surface area contributed by atoms with Gasteiger partial charge >= 0.3 is 5.97 Å². The summed E-state index contributed by atoms with van der Waals surface area (Å²) in [4.78, 5) is 11.9. The van der Waals surface area contributed by atoms with Crippen molar-refractivity contribution in [2.24, 2.45) is 0 Å². The first-order chi connectivity index (χ1) is 9.69. The van der Waals surface area contributed by atoms with Crippen LogP contribution >= 0.6 is 0 Å². The summed E-state index contributed by atoms with van der Waals surface area (Å²) in [7, 11) is 1.60. The van der Waals surface area contributed by atoms with Crippen LogP contribution in [0.25, 0.3) is 0 Å². The summed E-state index contributed by atoms with van der Waals surface area (Å²) in [5.41, 5.74) is 3.41. The van der Waals surface area contributed by atoms with E-state index in [1.165, 1.54) is 11.1 Å². The maximum atomic E-state index is 11.9. The zero-order chi connectivity index (χ0) is 14.1. The van der Waals surface area contributed by atoms with Gasteiger partial charge in [0.2, 0.25) is 0 Å². The molecule has 1 heterocycles. The van der Waals surface area contributed by atoms with Crippen LogP contribution in [-0.4, -0.2) is 13.1 Å². The minimum absolute atomic E-state index is 0.0540. The van der Waals surface area contributed by atoms with Crippen molar-refractivity contribution < 1.29 is 14.3 Å². The number of rotatable bonds is 2. The van der Waals surface area contributed by atoms with Crippen LogP contribution in [0.2, 0.25) is 0 Å². The average Bonchev–Trinajstić information content (AvgIpc) is 2.46. The highest BCUT2D eigenvalue weighted by Crippen LogP contribution is 2.41. The van der Waals surface area contributed by atoms with E-state index in [-0.39, 0.29) is 11.9 Å². The molecule has 0 fully saturated rings. The molecule has 102 valence electrons. The molecule has 0 bridgehead atoms. The van der Waals surface area contributed by atoms with E-state index in [1.54, 1.807) is 13.2 Å². The number of carbonyl (C=O) groups is 1. The second-order valence-corrected chi connectivity index (χ2v) is 4.99. The van der Waals surface area contributed by atoms with Gasteiger partial charge in [-0.15, -0.1) is 0 Å². The van der Waals surface area contributed by atoms with E-state index >= 15 is 0 Å². The Morgan fingerprint density at radius 2 is 1.95 bits per heavy atom. The fraction of sp³-hybridized carbons (Fsp3) is 0.235. The molecule has 0 saturated carbocycles. The Kier molecular flexibility index (Phi) is 3.18. The number of ether oxygens (including phenoxy) is 2. The topological polar surface area (TPSA) is 35.5 Å². The van der Waals surface area contributed by atoms with Gasteiger partial charge in [-0.1, -0.05) is 30.3 Å². The first kappa shape index (κ1) is 12.7. The number of esters is 1. The molecule has 3 heteroatoms. The zero-order valence-corrected chi connectivity index (χ0v) is 11.6. The molecular formula is C17H16O3. The van der Waals surface area contributed by atoms with E-state index in [4.69, 9.17) is 9.47 Å². The molecule has 0 unspecified atom stereocenters. The van der Waals surface area contributed by atoms with E-state index in [0.717, 1.165) is 5.56 Å². The van der Waals surface area contributed by atoms with Crippen LogP contribution < -0.4 is 9.47 Å². The van der Waals surface area contributed by atoms with Gasteiger partial charge in [0.05, 0.1) is 13.5 Å². The number of carbonyl (C=O) groups excluding carboxylic acids is 1. The van der Waals surface area contributed by atoms with E-state index < -0.39 is 0 Å². The Morgan fingerprint density at radius 3 is 2.70 bits per heavy atom. The van der Waals surface area contributed by atoms with E-state index in [1.807, 2.05) is 24.3 Å². The summed E-state index contributed by atoms with van der Waals surface area (Å²) in [5, 5.41) is 0. The standard InChI is InChI=1S/C17H16O3/c1-11-5-3-4-6-13(11)15-10-17(18)20-16-9-12(19-2)7-8-14(15)16/h3-9,15H,10H2,1-2H3/t15-/m1/s1. The second-order valence-electron chi connectivity index (χ2n) is 4.99. The third-order valence-corrected chi connectivity index (χ3v) is 3.75. The van der Waals surface area contributed by atoms with Crippen molar-refractivity contribution in [1.29, 1.82) is 0 Å². The summed E-state index contributed by atoms with van der Waals surface area (Å²) < 4.78 is 10.5. The fourth-order valence-electron chi connectivity index (χ4n) is 2.71. The SMILES string of the molecule is COc1ccc2c(c1)OC(=O)C[C@@H]2c1ccccc1C. The lowest BCUT2D eigenvalue weighted by atomic mass is 9.84. The third kappa shape index (κ3) is 2.16. The molecule has 0 aromatic heterocycles. The molecule has 2 aromatic rings. The van der Waals surface area contributed by atoms with Crippen molar-refractivity contribution in [1.82, 2.24) is 0 Å². The first-order valence-corrected chi connectivity index (χ1v) is 6.63. The molecule has 0 saturated heterocycles. The lowest BCUT2D eigenvalue weighted by Crippen LogP contribution is -2.21. The molecule has 0 spiro atoms. The monoisotopic (exact) mass is 268 g/mol. The zero-order valence-electron chi connectivity index (χ0n) is 11.6. The number of fused-ring (bicyclic) bond motifs is 1. The van der Waals surface area contributed by atoms with Gasteiger partial charge < -0.3 is 9.47 Å². The summed E-state index contributed by atoms with van der Waals surface area (Å²) in [6, 6.07) is 13.8. The summed E-state index contributed by atoms with van der Waals surface area (Å²) in [6.07, 6.45) is 0.379. The molecule has 0 N–H and O–H groups in total. The van der Waals surface area contributed by atoms with E-state index in [2.05, 4.69) is 19.1 Å². The fourth-order valence-corrected chi connectivity index (χ4v) is 2.71. The normalized spacial score (nSPS) is 17.3. The molecule has 3 nitrogen and oxygen atoms in total. The first-order valence-electron chi connectivity index (χ1n) is 6.63. The van der Waals surface area contributed by atoms with Crippen LogP contribution in [0, 0.1) is 6.92 Å². The van der Waals surface area contributed by atoms with Gasteiger partial charge in [0.25, 0.3) is 0 Å². The number of hydrogen-bond acceptors (Lipinski definition) is 3. The lowest BCUT2D eigenvalue weighted by molar-refractivity contribution is -0.135. The molecule has 0 amide bonds. The van der Waals surface area contributed by atoms with Crippen LogP contribution in [0.3, 0.4) is 0 Å². The molecule has 1 atom stereocenters. The van der Waals surface area contributed by atoms with E-state index in [9.17, 15) is 4.79 Å². The van der Waals surface area contributed by atoms with Gasteiger partial charge in [-0.3, -0.25) is 4.79 Å². The largest absolute Gasteiger partial charge is 0.497 e. The molecule has 1 aliphatic heterocycles. The lowest BCUT2D eigenvalue weighted by Gasteiger charge is -2.26.